The Labute approximate surface area is 204 Å². The Morgan fingerprint density at radius 3 is 2.15 bits per heavy atom. The number of anilines is 1. The maximum atomic E-state index is 6.02. The van der Waals surface area contributed by atoms with Crippen LogP contribution in [0.1, 0.15) is 11.1 Å². The molecule has 0 atom stereocenters. The molecule has 0 aliphatic rings. The number of benzene rings is 4. The van der Waals surface area contributed by atoms with Gasteiger partial charge in [-0.1, -0.05) is 60.1 Å². The largest absolute Gasteiger partial charge is 0.489 e. The van der Waals surface area contributed by atoms with Gasteiger partial charge in [-0.15, -0.1) is 0 Å². The van der Waals surface area contributed by atoms with Crippen molar-refractivity contribution in [3.05, 3.63) is 132 Å². The van der Waals surface area contributed by atoms with Crippen LogP contribution in [0.25, 0.3) is 16.9 Å². The molecule has 0 aliphatic carbocycles. The van der Waals surface area contributed by atoms with Crippen molar-refractivity contribution in [3.8, 4) is 22.7 Å². The minimum absolute atomic E-state index is 0.541. The molecular weight excluding hydrogens is 442 g/mol. The van der Waals surface area contributed by atoms with Gasteiger partial charge in [0.05, 0.1) is 11.4 Å². The lowest BCUT2D eigenvalue weighted by Crippen LogP contribution is -2.00. The summed E-state index contributed by atoms with van der Waals surface area (Å²) in [7, 11) is 0. The number of halogens is 1. The number of hydrogen-bond donors (Lipinski definition) is 1. The number of aromatic nitrogens is 2. The van der Waals surface area contributed by atoms with Crippen molar-refractivity contribution in [3.63, 3.8) is 0 Å². The summed E-state index contributed by atoms with van der Waals surface area (Å²) in [6.45, 7) is 1.18. The van der Waals surface area contributed by atoms with Gasteiger partial charge in [-0.05, 0) is 66.2 Å². The van der Waals surface area contributed by atoms with Crippen molar-refractivity contribution in [1.82, 2.24) is 9.78 Å². The van der Waals surface area contributed by atoms with Gasteiger partial charge in [-0.25, -0.2) is 4.68 Å². The molecular formula is C29H24ClN3O. The van der Waals surface area contributed by atoms with E-state index in [9.17, 15) is 0 Å². The molecule has 4 nitrogen and oxygen atoms in total. The van der Waals surface area contributed by atoms with Crippen molar-refractivity contribution in [1.29, 1.82) is 0 Å². The summed E-state index contributed by atoms with van der Waals surface area (Å²) in [4.78, 5) is 0. The predicted molar refractivity (Wildman–Crippen MR) is 139 cm³/mol. The lowest BCUT2D eigenvalue weighted by atomic mass is 10.1. The Morgan fingerprint density at radius 1 is 0.765 bits per heavy atom. The van der Waals surface area contributed by atoms with E-state index in [1.165, 1.54) is 0 Å². The molecule has 5 aromatic rings. The molecule has 168 valence electrons. The highest BCUT2D eigenvalue weighted by Crippen LogP contribution is 2.27. The Balaban J connectivity index is 1.38. The van der Waals surface area contributed by atoms with Crippen molar-refractivity contribution >= 4 is 17.3 Å². The first-order valence-electron chi connectivity index (χ1n) is 11.2. The van der Waals surface area contributed by atoms with Crippen LogP contribution in [-0.4, -0.2) is 9.78 Å². The number of rotatable bonds is 8. The fourth-order valence-corrected chi connectivity index (χ4v) is 3.84. The van der Waals surface area contributed by atoms with Crippen LogP contribution in [-0.2, 0) is 13.2 Å². The van der Waals surface area contributed by atoms with E-state index in [-0.39, 0.29) is 0 Å². The predicted octanol–water partition coefficient (Wildman–Crippen LogP) is 7.38. The topological polar surface area (TPSA) is 39.1 Å². The van der Waals surface area contributed by atoms with Gasteiger partial charge >= 0.3 is 0 Å². The highest BCUT2D eigenvalue weighted by molar-refractivity contribution is 6.30. The highest BCUT2D eigenvalue weighted by atomic mass is 35.5. The molecule has 0 saturated carbocycles. The molecule has 1 heterocycles. The van der Waals surface area contributed by atoms with Gasteiger partial charge in [-0.3, -0.25) is 0 Å². The fraction of sp³-hybridized carbons (Fsp3) is 0.0690. The first-order chi connectivity index (χ1) is 16.7. The van der Waals surface area contributed by atoms with Crippen LogP contribution in [0.3, 0.4) is 0 Å². The third-order valence-electron chi connectivity index (χ3n) is 5.51. The van der Waals surface area contributed by atoms with Crippen LogP contribution in [0.4, 0.5) is 5.69 Å². The third-order valence-corrected chi connectivity index (χ3v) is 5.77. The zero-order chi connectivity index (χ0) is 23.2. The normalized spacial score (nSPS) is 10.7. The molecule has 5 heteroatoms. The first-order valence-corrected chi connectivity index (χ1v) is 11.5. The number of ether oxygens (including phenoxy) is 1. The fourth-order valence-electron chi connectivity index (χ4n) is 3.71. The molecule has 34 heavy (non-hydrogen) atoms. The molecule has 1 N–H and O–H groups in total. The Kier molecular flexibility index (Phi) is 6.59. The molecule has 0 spiro atoms. The van der Waals surface area contributed by atoms with E-state index in [1.54, 1.807) is 0 Å². The summed E-state index contributed by atoms with van der Waals surface area (Å²) < 4.78 is 7.88. The summed E-state index contributed by atoms with van der Waals surface area (Å²) in [5, 5.41) is 9.11. The van der Waals surface area contributed by atoms with Crippen LogP contribution < -0.4 is 10.1 Å². The molecule has 4 aromatic carbocycles. The number of para-hydroxylation sites is 1. The molecule has 1 aromatic heterocycles. The number of nitrogens with one attached hydrogen (secondary N) is 1. The van der Waals surface area contributed by atoms with E-state index in [0.717, 1.165) is 44.5 Å². The van der Waals surface area contributed by atoms with Crippen LogP contribution in [0.15, 0.2) is 115 Å². The van der Waals surface area contributed by atoms with Gasteiger partial charge in [0.1, 0.15) is 12.4 Å². The second-order valence-corrected chi connectivity index (χ2v) is 8.38. The van der Waals surface area contributed by atoms with Gasteiger partial charge in [0.25, 0.3) is 0 Å². The van der Waals surface area contributed by atoms with E-state index < -0.39 is 0 Å². The van der Waals surface area contributed by atoms with E-state index in [0.29, 0.717) is 13.2 Å². The van der Waals surface area contributed by atoms with Crippen molar-refractivity contribution in [2.45, 2.75) is 13.2 Å². The van der Waals surface area contributed by atoms with E-state index in [2.05, 4.69) is 35.8 Å². The smallest absolute Gasteiger partial charge is 0.119 e. The monoisotopic (exact) mass is 465 g/mol. The molecule has 0 amide bonds. The SMILES string of the molecule is Clc1ccc(NCc2cn(-c3ccccc3)nc2-c2ccc(OCc3ccccc3)cc2)cc1. The third kappa shape index (κ3) is 5.30. The minimum Gasteiger partial charge on any atom is -0.489 e. The van der Waals surface area contributed by atoms with Gasteiger partial charge < -0.3 is 10.1 Å². The maximum absolute atomic E-state index is 6.02. The average Bonchev–Trinajstić information content (AvgIpc) is 3.33. The van der Waals surface area contributed by atoms with E-state index in [4.69, 9.17) is 21.4 Å². The van der Waals surface area contributed by atoms with Gasteiger partial charge in [-0.2, -0.15) is 5.10 Å². The van der Waals surface area contributed by atoms with E-state index in [1.807, 2.05) is 89.6 Å². The van der Waals surface area contributed by atoms with Crippen LogP contribution >= 0.6 is 11.6 Å². The van der Waals surface area contributed by atoms with Crippen molar-refractivity contribution in [2.24, 2.45) is 0 Å². The molecule has 5 rings (SSSR count). The van der Waals surface area contributed by atoms with Crippen molar-refractivity contribution in [2.75, 3.05) is 5.32 Å². The average molecular weight is 466 g/mol. The summed E-state index contributed by atoms with van der Waals surface area (Å²) in [5.41, 5.74) is 6.23. The lowest BCUT2D eigenvalue weighted by Gasteiger charge is -2.09. The molecule has 0 radical (unpaired) electrons. The summed E-state index contributed by atoms with van der Waals surface area (Å²) in [5.74, 6) is 0.830. The summed E-state index contributed by atoms with van der Waals surface area (Å²) in [6, 6.07) is 36.1. The molecule has 0 unspecified atom stereocenters. The molecule has 0 saturated heterocycles. The van der Waals surface area contributed by atoms with Crippen LogP contribution in [0.2, 0.25) is 5.02 Å². The van der Waals surface area contributed by atoms with Gasteiger partial charge in [0, 0.05) is 34.6 Å². The van der Waals surface area contributed by atoms with Gasteiger partial charge in [0.2, 0.25) is 0 Å². The number of hydrogen-bond acceptors (Lipinski definition) is 3. The highest BCUT2D eigenvalue weighted by Gasteiger charge is 2.13. The standard InChI is InChI=1S/C29H24ClN3O/c30-25-13-15-26(16-14-25)31-19-24-20-33(27-9-5-2-6-10-27)32-29(24)23-11-17-28(18-12-23)34-21-22-7-3-1-4-8-22/h1-18,20,31H,19,21H2. The second kappa shape index (κ2) is 10.3. The first kappa shape index (κ1) is 21.8. The Bertz CT molecular complexity index is 1330. The quantitative estimate of drug-likeness (QED) is 0.260. The summed E-state index contributed by atoms with van der Waals surface area (Å²) in [6.07, 6.45) is 2.08. The second-order valence-electron chi connectivity index (χ2n) is 7.94. The molecule has 0 aliphatic heterocycles. The Morgan fingerprint density at radius 2 is 1.44 bits per heavy atom. The van der Waals surface area contributed by atoms with Crippen LogP contribution in [0, 0.1) is 0 Å². The van der Waals surface area contributed by atoms with Gasteiger partial charge in [0.15, 0.2) is 0 Å². The van der Waals surface area contributed by atoms with Crippen LogP contribution in [0.5, 0.6) is 5.75 Å². The van der Waals surface area contributed by atoms with E-state index >= 15 is 0 Å². The zero-order valence-corrected chi connectivity index (χ0v) is 19.3. The zero-order valence-electron chi connectivity index (χ0n) is 18.6. The Hall–Kier alpha value is -4.02. The molecule has 0 bridgehead atoms. The summed E-state index contributed by atoms with van der Waals surface area (Å²) >= 11 is 6.02. The number of nitrogens with zero attached hydrogens (tertiary/aromatic N) is 2. The molecule has 0 fully saturated rings. The van der Waals surface area contributed by atoms with Crippen molar-refractivity contribution < 1.29 is 4.74 Å². The minimum atomic E-state index is 0.541. The lowest BCUT2D eigenvalue weighted by molar-refractivity contribution is 0.306. The maximum Gasteiger partial charge on any atom is 0.119 e.